The second-order valence-corrected chi connectivity index (χ2v) is 9.14. The minimum Gasteiger partial charge on any atom is -0.497 e. The quantitative estimate of drug-likeness (QED) is 0.294. The first kappa shape index (κ1) is 26.6. The molecule has 0 fully saturated rings. The molecule has 4 rings (SSSR count). The van der Waals surface area contributed by atoms with Crippen molar-refractivity contribution in [3.8, 4) is 5.75 Å². The Kier molecular flexibility index (Phi) is 9.63. The molecule has 0 aliphatic heterocycles. The number of ether oxygens (including phenoxy) is 1. The van der Waals surface area contributed by atoms with Crippen molar-refractivity contribution in [1.82, 2.24) is 15.2 Å². The van der Waals surface area contributed by atoms with E-state index in [0.717, 1.165) is 28.0 Å². The maximum Gasteiger partial charge on any atom is 0.243 e. The zero-order chi connectivity index (χ0) is 26.6. The molecule has 6 nitrogen and oxygen atoms in total. The number of benzene rings is 3. The van der Waals surface area contributed by atoms with E-state index in [1.807, 2.05) is 97.1 Å². The van der Waals surface area contributed by atoms with Crippen molar-refractivity contribution in [2.24, 2.45) is 0 Å². The zero-order valence-corrected chi connectivity index (χ0v) is 21.6. The molecule has 1 aromatic heterocycles. The number of pyridine rings is 1. The van der Waals surface area contributed by atoms with E-state index in [4.69, 9.17) is 4.74 Å². The first-order chi connectivity index (χ1) is 18.6. The summed E-state index contributed by atoms with van der Waals surface area (Å²) in [4.78, 5) is 33.3. The molecule has 0 unspecified atom stereocenters. The molecule has 0 saturated carbocycles. The minimum absolute atomic E-state index is 0.0675. The third kappa shape index (κ3) is 7.77. The predicted octanol–water partition coefficient (Wildman–Crippen LogP) is 4.98. The van der Waals surface area contributed by atoms with Crippen LogP contribution in [0, 0.1) is 0 Å². The Morgan fingerprint density at radius 3 is 2.11 bits per heavy atom. The van der Waals surface area contributed by atoms with Crippen LogP contribution in [0.25, 0.3) is 0 Å². The van der Waals surface area contributed by atoms with Crippen LogP contribution in [-0.2, 0) is 35.5 Å². The predicted molar refractivity (Wildman–Crippen MR) is 148 cm³/mol. The summed E-state index contributed by atoms with van der Waals surface area (Å²) in [5.74, 6) is 0.479. The Morgan fingerprint density at radius 2 is 1.47 bits per heavy atom. The fraction of sp³-hybridized carbons (Fsp3) is 0.219. The van der Waals surface area contributed by atoms with E-state index in [1.165, 1.54) is 0 Å². The summed E-state index contributed by atoms with van der Waals surface area (Å²) in [5.41, 5.74) is 3.91. The molecule has 6 heteroatoms. The number of amides is 2. The second kappa shape index (κ2) is 13.7. The number of carbonyl (C=O) groups excluding carboxylic acids is 2. The highest BCUT2D eigenvalue weighted by Gasteiger charge is 2.30. The average Bonchev–Trinajstić information content (AvgIpc) is 2.98. The van der Waals surface area contributed by atoms with Gasteiger partial charge in [0.25, 0.3) is 0 Å². The van der Waals surface area contributed by atoms with E-state index in [9.17, 15) is 9.59 Å². The van der Waals surface area contributed by atoms with E-state index in [2.05, 4.69) is 10.3 Å². The first-order valence-electron chi connectivity index (χ1n) is 12.8. The summed E-state index contributed by atoms with van der Waals surface area (Å²) in [6.07, 6.45) is 4.75. The van der Waals surface area contributed by atoms with E-state index in [-0.39, 0.29) is 11.8 Å². The largest absolute Gasteiger partial charge is 0.497 e. The molecule has 0 saturated heterocycles. The minimum atomic E-state index is -0.681. The number of aromatic nitrogens is 1. The van der Waals surface area contributed by atoms with Gasteiger partial charge in [0.1, 0.15) is 11.8 Å². The van der Waals surface area contributed by atoms with Gasteiger partial charge in [-0.25, -0.2) is 0 Å². The van der Waals surface area contributed by atoms with E-state index in [0.29, 0.717) is 32.4 Å². The highest BCUT2D eigenvalue weighted by molar-refractivity contribution is 5.88. The lowest BCUT2D eigenvalue weighted by Gasteiger charge is -2.32. The number of hydrogen-bond acceptors (Lipinski definition) is 4. The summed E-state index contributed by atoms with van der Waals surface area (Å²) < 4.78 is 5.30. The number of rotatable bonds is 12. The summed E-state index contributed by atoms with van der Waals surface area (Å²) in [6, 6.07) is 30.4. The first-order valence-corrected chi connectivity index (χ1v) is 12.8. The molecule has 3 aromatic carbocycles. The molecule has 2 amide bonds. The summed E-state index contributed by atoms with van der Waals surface area (Å²) in [6.45, 7) is 0.655. The van der Waals surface area contributed by atoms with Crippen molar-refractivity contribution >= 4 is 11.8 Å². The maximum atomic E-state index is 13.8. The van der Waals surface area contributed by atoms with Crippen molar-refractivity contribution in [2.75, 3.05) is 7.11 Å². The molecule has 0 bridgehead atoms. The van der Waals surface area contributed by atoms with Gasteiger partial charge in [-0.05, 0) is 46.9 Å². The van der Waals surface area contributed by atoms with Crippen LogP contribution in [0.3, 0.4) is 0 Å². The van der Waals surface area contributed by atoms with Crippen LogP contribution < -0.4 is 10.1 Å². The average molecular weight is 508 g/mol. The Morgan fingerprint density at radius 1 is 0.816 bits per heavy atom. The second-order valence-electron chi connectivity index (χ2n) is 9.14. The number of carbonyl (C=O) groups is 2. The SMILES string of the molecule is COc1ccc(CN(C(=O)CCc2ccccc2)[C@H](Cc2ccccc2)C(=O)NCc2cccnc2)cc1. The summed E-state index contributed by atoms with van der Waals surface area (Å²) in [7, 11) is 1.62. The highest BCUT2D eigenvalue weighted by Crippen LogP contribution is 2.19. The molecular formula is C32H33N3O3. The van der Waals surface area contributed by atoms with Crippen LogP contribution in [0.1, 0.15) is 28.7 Å². The van der Waals surface area contributed by atoms with Gasteiger partial charge in [-0.15, -0.1) is 0 Å². The molecule has 0 spiro atoms. The number of methoxy groups -OCH3 is 1. The fourth-order valence-electron chi connectivity index (χ4n) is 4.33. The van der Waals surface area contributed by atoms with Gasteiger partial charge in [-0.2, -0.15) is 0 Å². The van der Waals surface area contributed by atoms with Crippen LogP contribution in [0.4, 0.5) is 0 Å². The van der Waals surface area contributed by atoms with E-state index < -0.39 is 6.04 Å². The standard InChI is InChI=1S/C32H33N3O3/c1-38-29-17-14-27(15-18-29)24-35(31(36)19-16-25-9-4-2-5-10-25)30(21-26-11-6-3-7-12-26)32(37)34-23-28-13-8-20-33-22-28/h2-15,17-18,20,22,30H,16,19,21,23-24H2,1H3,(H,34,37)/t30-/m1/s1. The number of hydrogen-bond donors (Lipinski definition) is 1. The van der Waals surface area contributed by atoms with Gasteiger partial charge in [0, 0.05) is 38.3 Å². The van der Waals surface area contributed by atoms with Crippen LogP contribution >= 0.6 is 0 Å². The monoisotopic (exact) mass is 507 g/mol. The lowest BCUT2D eigenvalue weighted by Crippen LogP contribution is -2.50. The topological polar surface area (TPSA) is 71.5 Å². The fourth-order valence-corrected chi connectivity index (χ4v) is 4.33. The molecule has 1 atom stereocenters. The Balaban J connectivity index is 1.60. The number of nitrogens with one attached hydrogen (secondary N) is 1. The van der Waals surface area contributed by atoms with Gasteiger partial charge in [0.05, 0.1) is 7.11 Å². The van der Waals surface area contributed by atoms with Crippen LogP contribution in [-0.4, -0.2) is 34.8 Å². The maximum absolute atomic E-state index is 13.8. The van der Waals surface area contributed by atoms with Gasteiger partial charge in [0.2, 0.25) is 11.8 Å². The smallest absolute Gasteiger partial charge is 0.243 e. The van der Waals surface area contributed by atoms with E-state index in [1.54, 1.807) is 24.4 Å². The van der Waals surface area contributed by atoms with Gasteiger partial charge >= 0.3 is 0 Å². The lowest BCUT2D eigenvalue weighted by atomic mass is 10.0. The molecule has 0 aliphatic carbocycles. The van der Waals surface area contributed by atoms with Crippen molar-refractivity contribution in [3.63, 3.8) is 0 Å². The van der Waals surface area contributed by atoms with Crippen LogP contribution in [0.5, 0.6) is 5.75 Å². The van der Waals surface area contributed by atoms with Crippen molar-refractivity contribution in [3.05, 3.63) is 132 Å². The van der Waals surface area contributed by atoms with E-state index >= 15 is 0 Å². The number of nitrogens with zero attached hydrogens (tertiary/aromatic N) is 2. The van der Waals surface area contributed by atoms with Crippen LogP contribution in [0.15, 0.2) is 109 Å². The normalized spacial score (nSPS) is 11.4. The summed E-state index contributed by atoms with van der Waals surface area (Å²) in [5, 5.41) is 3.04. The Labute approximate surface area is 224 Å². The van der Waals surface area contributed by atoms with Crippen molar-refractivity contribution in [2.45, 2.75) is 38.4 Å². The molecule has 4 aromatic rings. The van der Waals surface area contributed by atoms with Gasteiger partial charge < -0.3 is 15.0 Å². The third-order valence-corrected chi connectivity index (χ3v) is 6.44. The third-order valence-electron chi connectivity index (χ3n) is 6.44. The molecule has 38 heavy (non-hydrogen) atoms. The molecule has 1 N–H and O–H groups in total. The van der Waals surface area contributed by atoms with Gasteiger partial charge in [0.15, 0.2) is 0 Å². The van der Waals surface area contributed by atoms with Crippen LogP contribution in [0.2, 0.25) is 0 Å². The molecule has 194 valence electrons. The zero-order valence-electron chi connectivity index (χ0n) is 21.6. The van der Waals surface area contributed by atoms with Crippen molar-refractivity contribution < 1.29 is 14.3 Å². The molecule has 0 aliphatic rings. The number of aryl methyl sites for hydroxylation is 1. The highest BCUT2D eigenvalue weighted by atomic mass is 16.5. The lowest BCUT2D eigenvalue weighted by molar-refractivity contribution is -0.141. The molecule has 1 heterocycles. The van der Waals surface area contributed by atoms with Gasteiger partial charge in [-0.3, -0.25) is 14.6 Å². The molecule has 0 radical (unpaired) electrons. The Hall–Kier alpha value is -4.45. The van der Waals surface area contributed by atoms with Crippen molar-refractivity contribution in [1.29, 1.82) is 0 Å². The Bertz CT molecular complexity index is 1280. The molecular weight excluding hydrogens is 474 g/mol. The summed E-state index contributed by atoms with van der Waals surface area (Å²) >= 11 is 0. The van der Waals surface area contributed by atoms with Gasteiger partial charge in [-0.1, -0.05) is 78.9 Å².